The number of halogens is 1. The first-order valence-corrected chi connectivity index (χ1v) is 5.56. The van der Waals surface area contributed by atoms with Gasteiger partial charge in [0.05, 0.1) is 0 Å². The molecule has 0 aliphatic rings. The fourth-order valence-electron chi connectivity index (χ4n) is 1.51. The smallest absolute Gasteiger partial charge is 0.243 e. The molecule has 1 aromatic carbocycles. The van der Waals surface area contributed by atoms with Crippen LogP contribution in [0.5, 0.6) is 0 Å². The first-order chi connectivity index (χ1) is 7.61. The number of nitrogens with zero attached hydrogens (tertiary/aromatic N) is 1. The van der Waals surface area contributed by atoms with Crippen molar-refractivity contribution < 1.29 is 9.53 Å². The zero-order chi connectivity index (χ0) is 12.1. The lowest BCUT2D eigenvalue weighted by Crippen LogP contribution is -2.34. The SMILES string of the molecule is COCN(C(=O)CCl)c1cccc(C)c1C. The molecule has 0 atom stereocenters. The van der Waals surface area contributed by atoms with Gasteiger partial charge in [0.1, 0.15) is 12.6 Å². The predicted molar refractivity (Wildman–Crippen MR) is 66.0 cm³/mol. The van der Waals surface area contributed by atoms with Crippen LogP contribution in [0.2, 0.25) is 0 Å². The van der Waals surface area contributed by atoms with E-state index in [2.05, 4.69) is 0 Å². The van der Waals surface area contributed by atoms with Gasteiger partial charge in [0.2, 0.25) is 5.91 Å². The molecule has 4 heteroatoms. The Morgan fingerprint density at radius 2 is 2.12 bits per heavy atom. The van der Waals surface area contributed by atoms with Crippen LogP contribution in [-0.2, 0) is 9.53 Å². The van der Waals surface area contributed by atoms with Crippen molar-refractivity contribution in [3.05, 3.63) is 29.3 Å². The highest BCUT2D eigenvalue weighted by Gasteiger charge is 2.16. The number of hydrogen-bond donors (Lipinski definition) is 0. The summed E-state index contributed by atoms with van der Waals surface area (Å²) in [6.07, 6.45) is 0. The number of alkyl halides is 1. The Hall–Kier alpha value is -1.06. The van der Waals surface area contributed by atoms with Crippen molar-refractivity contribution in [2.75, 3.05) is 24.6 Å². The van der Waals surface area contributed by atoms with Crippen molar-refractivity contribution in [2.24, 2.45) is 0 Å². The van der Waals surface area contributed by atoms with Crippen LogP contribution in [0.15, 0.2) is 18.2 Å². The maximum Gasteiger partial charge on any atom is 0.243 e. The van der Waals surface area contributed by atoms with E-state index in [0.717, 1.165) is 16.8 Å². The first kappa shape index (κ1) is 13.0. The van der Waals surface area contributed by atoms with Gasteiger partial charge in [-0.2, -0.15) is 0 Å². The second-order valence-corrected chi connectivity index (χ2v) is 3.86. The molecule has 0 fully saturated rings. The number of rotatable bonds is 4. The number of anilines is 1. The molecule has 1 aromatic rings. The quantitative estimate of drug-likeness (QED) is 0.599. The molecule has 0 radical (unpaired) electrons. The number of aryl methyl sites for hydroxylation is 1. The number of methoxy groups -OCH3 is 1. The molecule has 0 saturated carbocycles. The maximum absolute atomic E-state index is 11.7. The third kappa shape index (κ3) is 2.74. The summed E-state index contributed by atoms with van der Waals surface area (Å²) in [4.78, 5) is 13.2. The van der Waals surface area contributed by atoms with Gasteiger partial charge in [0.15, 0.2) is 0 Å². The molecule has 0 heterocycles. The van der Waals surface area contributed by atoms with Crippen molar-refractivity contribution in [3.63, 3.8) is 0 Å². The van der Waals surface area contributed by atoms with E-state index in [-0.39, 0.29) is 18.5 Å². The zero-order valence-corrected chi connectivity index (χ0v) is 10.5. The molecule has 0 spiro atoms. The van der Waals surface area contributed by atoms with Crippen LogP contribution >= 0.6 is 11.6 Å². The molecule has 0 unspecified atom stereocenters. The van der Waals surface area contributed by atoms with E-state index in [4.69, 9.17) is 16.3 Å². The monoisotopic (exact) mass is 241 g/mol. The first-order valence-electron chi connectivity index (χ1n) is 5.03. The molecular weight excluding hydrogens is 226 g/mol. The molecule has 1 amide bonds. The van der Waals surface area contributed by atoms with E-state index in [1.165, 1.54) is 0 Å². The van der Waals surface area contributed by atoms with Crippen molar-refractivity contribution in [3.8, 4) is 0 Å². The van der Waals surface area contributed by atoms with Gasteiger partial charge in [-0.15, -0.1) is 11.6 Å². The average Bonchev–Trinajstić information content (AvgIpc) is 2.29. The molecule has 0 aliphatic carbocycles. The van der Waals surface area contributed by atoms with E-state index in [1.54, 1.807) is 12.0 Å². The van der Waals surface area contributed by atoms with Crippen LogP contribution in [0, 0.1) is 13.8 Å². The topological polar surface area (TPSA) is 29.5 Å². The summed E-state index contributed by atoms with van der Waals surface area (Å²) in [6, 6.07) is 5.82. The lowest BCUT2D eigenvalue weighted by molar-refractivity contribution is -0.117. The van der Waals surface area contributed by atoms with Gasteiger partial charge in [-0.1, -0.05) is 12.1 Å². The van der Waals surface area contributed by atoms with Gasteiger partial charge in [-0.25, -0.2) is 0 Å². The van der Waals surface area contributed by atoms with Crippen molar-refractivity contribution >= 4 is 23.2 Å². The third-order valence-corrected chi connectivity index (χ3v) is 2.77. The van der Waals surface area contributed by atoms with Crippen LogP contribution in [0.3, 0.4) is 0 Å². The lowest BCUT2D eigenvalue weighted by Gasteiger charge is -2.23. The van der Waals surface area contributed by atoms with Gasteiger partial charge in [-0.3, -0.25) is 9.69 Å². The summed E-state index contributed by atoms with van der Waals surface area (Å²) in [6.45, 7) is 4.21. The van der Waals surface area contributed by atoms with Gasteiger partial charge in [0, 0.05) is 12.8 Å². The van der Waals surface area contributed by atoms with Crippen LogP contribution in [-0.4, -0.2) is 25.6 Å². The van der Waals surface area contributed by atoms with E-state index in [1.807, 2.05) is 32.0 Å². The second kappa shape index (κ2) is 5.87. The van der Waals surface area contributed by atoms with E-state index < -0.39 is 0 Å². The molecule has 16 heavy (non-hydrogen) atoms. The van der Waals surface area contributed by atoms with Gasteiger partial charge in [-0.05, 0) is 31.0 Å². The summed E-state index contributed by atoms with van der Waals surface area (Å²) in [5.41, 5.74) is 3.06. The fourth-order valence-corrected chi connectivity index (χ4v) is 1.65. The minimum Gasteiger partial charge on any atom is -0.364 e. The molecule has 3 nitrogen and oxygen atoms in total. The molecule has 0 aromatic heterocycles. The maximum atomic E-state index is 11.7. The minimum atomic E-state index is -0.155. The van der Waals surface area contributed by atoms with Crippen molar-refractivity contribution in [1.82, 2.24) is 0 Å². The Morgan fingerprint density at radius 3 is 2.69 bits per heavy atom. The van der Waals surface area contributed by atoms with Gasteiger partial charge >= 0.3 is 0 Å². The normalized spacial score (nSPS) is 10.2. The predicted octanol–water partition coefficient (Wildman–Crippen LogP) is 2.48. The fraction of sp³-hybridized carbons (Fsp3) is 0.417. The molecule has 0 bridgehead atoms. The summed E-state index contributed by atoms with van der Waals surface area (Å²) >= 11 is 5.58. The third-order valence-electron chi connectivity index (χ3n) is 2.54. The van der Waals surface area contributed by atoms with Crippen molar-refractivity contribution in [2.45, 2.75) is 13.8 Å². The van der Waals surface area contributed by atoms with E-state index >= 15 is 0 Å². The number of benzene rings is 1. The Bertz CT molecular complexity index is 379. The molecule has 0 aliphatic heterocycles. The lowest BCUT2D eigenvalue weighted by atomic mass is 10.1. The number of carbonyl (C=O) groups is 1. The number of hydrogen-bond acceptors (Lipinski definition) is 2. The largest absolute Gasteiger partial charge is 0.364 e. The summed E-state index contributed by atoms with van der Waals surface area (Å²) in [5.74, 6) is -0.200. The highest BCUT2D eigenvalue weighted by Crippen LogP contribution is 2.22. The van der Waals surface area contributed by atoms with Crippen molar-refractivity contribution in [1.29, 1.82) is 0 Å². The van der Waals surface area contributed by atoms with E-state index in [9.17, 15) is 4.79 Å². The molecule has 1 rings (SSSR count). The van der Waals surface area contributed by atoms with Gasteiger partial charge < -0.3 is 4.74 Å². The Morgan fingerprint density at radius 1 is 1.44 bits per heavy atom. The number of ether oxygens (including phenoxy) is 1. The zero-order valence-electron chi connectivity index (χ0n) is 9.79. The molecule has 0 saturated heterocycles. The molecular formula is C12H16ClNO2. The van der Waals surface area contributed by atoms with E-state index in [0.29, 0.717) is 0 Å². The standard InChI is InChI=1S/C12H16ClNO2/c1-9-5-4-6-11(10(9)2)14(8-16-3)12(15)7-13/h4-6H,7-8H2,1-3H3. The second-order valence-electron chi connectivity index (χ2n) is 3.59. The van der Waals surface area contributed by atoms with Gasteiger partial charge in [0.25, 0.3) is 0 Å². The summed E-state index contributed by atoms with van der Waals surface area (Å²) < 4.78 is 5.02. The Balaban J connectivity index is 3.10. The average molecular weight is 242 g/mol. The Labute approximate surface area is 101 Å². The highest BCUT2D eigenvalue weighted by molar-refractivity contribution is 6.29. The minimum absolute atomic E-state index is 0.0449. The molecule has 88 valence electrons. The number of amides is 1. The molecule has 0 N–H and O–H groups in total. The summed E-state index contributed by atoms with van der Waals surface area (Å²) in [5, 5.41) is 0. The van der Waals surface area contributed by atoms with Crippen LogP contribution in [0.1, 0.15) is 11.1 Å². The highest BCUT2D eigenvalue weighted by atomic mass is 35.5. The Kier molecular flexibility index (Phi) is 4.77. The van der Waals surface area contributed by atoms with Crippen LogP contribution in [0.4, 0.5) is 5.69 Å². The van der Waals surface area contributed by atoms with Crippen LogP contribution in [0.25, 0.3) is 0 Å². The van der Waals surface area contributed by atoms with Crippen LogP contribution < -0.4 is 4.90 Å². The summed E-state index contributed by atoms with van der Waals surface area (Å²) in [7, 11) is 1.56. The number of carbonyl (C=O) groups excluding carboxylic acids is 1.